The maximum Gasteiger partial charge on any atom is 0.0569 e. The lowest BCUT2D eigenvalue weighted by molar-refractivity contribution is 0.785. The van der Waals surface area contributed by atoms with Gasteiger partial charge in [0.05, 0.1) is 11.9 Å². The number of hydrogen-bond donors (Lipinski definition) is 2. The highest BCUT2D eigenvalue weighted by molar-refractivity contribution is 7.17. The van der Waals surface area contributed by atoms with E-state index in [0.29, 0.717) is 0 Å². The highest BCUT2D eigenvalue weighted by atomic mass is 32.1. The minimum atomic E-state index is 0.805. The quantitative estimate of drug-likeness (QED) is 0.742. The molecule has 2 N–H and O–H groups in total. The second-order valence-corrected chi connectivity index (χ2v) is 4.85. The second kappa shape index (κ2) is 4.31. The maximum absolute atomic E-state index is 4.14. The second-order valence-electron chi connectivity index (χ2n) is 3.94. The zero-order valence-corrected chi connectivity index (χ0v) is 10.3. The van der Waals surface area contributed by atoms with Gasteiger partial charge in [-0.15, -0.1) is 11.3 Å². The van der Waals surface area contributed by atoms with Crippen molar-refractivity contribution >= 4 is 21.4 Å². The fourth-order valence-electron chi connectivity index (χ4n) is 2.04. The fraction of sp³-hybridized carbons (Fsp3) is 0.154. The third-order valence-corrected chi connectivity index (χ3v) is 3.81. The van der Waals surface area contributed by atoms with Crippen molar-refractivity contribution in [3.05, 3.63) is 41.5 Å². The Kier molecular flexibility index (Phi) is 2.66. The van der Waals surface area contributed by atoms with Crippen molar-refractivity contribution in [3.63, 3.8) is 0 Å². The number of aromatic amines is 1. The first-order valence-corrected chi connectivity index (χ1v) is 6.41. The first kappa shape index (κ1) is 10.5. The highest BCUT2D eigenvalue weighted by Crippen LogP contribution is 2.34. The number of nitrogens with one attached hydrogen (secondary N) is 2. The van der Waals surface area contributed by atoms with Crippen molar-refractivity contribution in [2.75, 3.05) is 7.05 Å². The molecule has 3 aromatic rings. The van der Waals surface area contributed by atoms with Crippen LogP contribution in [0.25, 0.3) is 21.2 Å². The molecule has 0 spiro atoms. The molecular formula is C13H13N3S. The van der Waals surface area contributed by atoms with E-state index in [1.54, 1.807) is 11.3 Å². The molecule has 0 fully saturated rings. The van der Waals surface area contributed by atoms with E-state index in [1.807, 2.05) is 13.2 Å². The van der Waals surface area contributed by atoms with Crippen molar-refractivity contribution < 1.29 is 0 Å². The molecule has 0 atom stereocenters. The Bertz CT molecular complexity index is 639. The normalized spacial score (nSPS) is 11.1. The topological polar surface area (TPSA) is 40.7 Å². The van der Waals surface area contributed by atoms with Crippen LogP contribution in [0.15, 0.2) is 35.8 Å². The standard InChI is InChI=1S/C13H13N3S/c1-14-7-12-10(6-15-16-12)11-8-17-13-5-3-2-4-9(11)13/h2-6,8,14H,7H2,1H3,(H,15,16). The fourth-order valence-corrected chi connectivity index (χ4v) is 3.00. The molecule has 86 valence electrons. The van der Waals surface area contributed by atoms with Gasteiger partial charge in [-0.2, -0.15) is 5.10 Å². The van der Waals surface area contributed by atoms with Gasteiger partial charge in [-0.05, 0) is 18.5 Å². The summed E-state index contributed by atoms with van der Waals surface area (Å²) in [5, 5.41) is 13.9. The zero-order valence-electron chi connectivity index (χ0n) is 9.53. The lowest BCUT2D eigenvalue weighted by Crippen LogP contribution is -2.06. The molecule has 1 aromatic carbocycles. The first-order chi connectivity index (χ1) is 8.40. The molecule has 0 saturated heterocycles. The van der Waals surface area contributed by atoms with E-state index in [0.717, 1.165) is 12.2 Å². The number of hydrogen-bond acceptors (Lipinski definition) is 3. The number of nitrogens with zero attached hydrogens (tertiary/aromatic N) is 1. The summed E-state index contributed by atoms with van der Waals surface area (Å²) in [6, 6.07) is 8.47. The Hall–Kier alpha value is -1.65. The summed E-state index contributed by atoms with van der Waals surface area (Å²) in [6.07, 6.45) is 1.90. The molecule has 0 aliphatic carbocycles. The Morgan fingerprint density at radius 1 is 1.29 bits per heavy atom. The molecule has 4 heteroatoms. The average Bonchev–Trinajstić information content (AvgIpc) is 2.95. The molecule has 0 aliphatic heterocycles. The van der Waals surface area contributed by atoms with Gasteiger partial charge in [0.2, 0.25) is 0 Å². The van der Waals surface area contributed by atoms with Crippen LogP contribution in [0.3, 0.4) is 0 Å². The van der Waals surface area contributed by atoms with Crippen LogP contribution in [-0.2, 0) is 6.54 Å². The summed E-state index contributed by atoms with van der Waals surface area (Å²) in [5.74, 6) is 0. The van der Waals surface area contributed by atoms with Crippen molar-refractivity contribution in [3.8, 4) is 11.1 Å². The van der Waals surface area contributed by atoms with E-state index in [1.165, 1.54) is 21.2 Å². The molecule has 2 aromatic heterocycles. The summed E-state index contributed by atoms with van der Waals surface area (Å²) >= 11 is 1.78. The molecule has 2 heterocycles. The van der Waals surface area contributed by atoms with Gasteiger partial charge in [0.15, 0.2) is 0 Å². The zero-order chi connectivity index (χ0) is 11.7. The van der Waals surface area contributed by atoms with Crippen molar-refractivity contribution in [1.82, 2.24) is 15.5 Å². The minimum absolute atomic E-state index is 0.805. The molecule has 0 unspecified atom stereocenters. The number of benzene rings is 1. The van der Waals surface area contributed by atoms with Gasteiger partial charge in [-0.25, -0.2) is 0 Å². The third kappa shape index (κ3) is 1.75. The number of thiophene rings is 1. The number of fused-ring (bicyclic) bond motifs is 1. The molecular weight excluding hydrogens is 230 g/mol. The third-order valence-electron chi connectivity index (χ3n) is 2.84. The smallest absolute Gasteiger partial charge is 0.0569 e. The van der Waals surface area contributed by atoms with Crippen LogP contribution >= 0.6 is 11.3 Å². The van der Waals surface area contributed by atoms with Crippen LogP contribution in [-0.4, -0.2) is 17.2 Å². The van der Waals surface area contributed by atoms with E-state index < -0.39 is 0 Å². The Morgan fingerprint density at radius 2 is 2.18 bits per heavy atom. The number of aromatic nitrogens is 2. The lowest BCUT2D eigenvalue weighted by atomic mass is 10.1. The van der Waals surface area contributed by atoms with E-state index >= 15 is 0 Å². The van der Waals surface area contributed by atoms with Crippen LogP contribution in [0.4, 0.5) is 0 Å². The van der Waals surface area contributed by atoms with Crippen LogP contribution in [0.5, 0.6) is 0 Å². The van der Waals surface area contributed by atoms with Gasteiger partial charge >= 0.3 is 0 Å². The monoisotopic (exact) mass is 243 g/mol. The van der Waals surface area contributed by atoms with Crippen molar-refractivity contribution in [1.29, 1.82) is 0 Å². The van der Waals surface area contributed by atoms with Gasteiger partial charge in [0.1, 0.15) is 0 Å². The summed E-state index contributed by atoms with van der Waals surface area (Å²) in [4.78, 5) is 0. The molecule has 3 nitrogen and oxygen atoms in total. The van der Waals surface area contributed by atoms with Gasteiger partial charge in [0, 0.05) is 27.8 Å². The largest absolute Gasteiger partial charge is 0.314 e. The van der Waals surface area contributed by atoms with Gasteiger partial charge < -0.3 is 5.32 Å². The van der Waals surface area contributed by atoms with E-state index in [4.69, 9.17) is 0 Å². The highest BCUT2D eigenvalue weighted by Gasteiger charge is 2.11. The predicted octanol–water partition coefficient (Wildman–Crippen LogP) is 3.01. The molecule has 0 bridgehead atoms. The van der Waals surface area contributed by atoms with Crippen molar-refractivity contribution in [2.45, 2.75) is 6.54 Å². The molecule has 0 aliphatic rings. The molecule has 0 amide bonds. The molecule has 0 radical (unpaired) electrons. The summed E-state index contributed by atoms with van der Waals surface area (Å²) in [6.45, 7) is 0.805. The Balaban J connectivity index is 2.17. The van der Waals surface area contributed by atoms with Gasteiger partial charge in [-0.1, -0.05) is 18.2 Å². The van der Waals surface area contributed by atoms with E-state index in [2.05, 4.69) is 45.2 Å². The Labute approximate surface area is 103 Å². The minimum Gasteiger partial charge on any atom is -0.314 e. The summed E-state index contributed by atoms with van der Waals surface area (Å²) in [5.41, 5.74) is 3.59. The van der Waals surface area contributed by atoms with E-state index in [-0.39, 0.29) is 0 Å². The number of rotatable bonds is 3. The summed E-state index contributed by atoms with van der Waals surface area (Å²) < 4.78 is 1.32. The Morgan fingerprint density at radius 3 is 3.06 bits per heavy atom. The van der Waals surface area contributed by atoms with Crippen LogP contribution in [0.1, 0.15) is 5.69 Å². The van der Waals surface area contributed by atoms with E-state index in [9.17, 15) is 0 Å². The predicted molar refractivity (Wildman–Crippen MR) is 72.2 cm³/mol. The van der Waals surface area contributed by atoms with Gasteiger partial charge in [-0.3, -0.25) is 5.10 Å². The SMILES string of the molecule is CNCc1[nH]ncc1-c1csc2ccccc12. The average molecular weight is 243 g/mol. The summed E-state index contributed by atoms with van der Waals surface area (Å²) in [7, 11) is 1.94. The molecule has 17 heavy (non-hydrogen) atoms. The van der Waals surface area contributed by atoms with Crippen LogP contribution in [0, 0.1) is 0 Å². The van der Waals surface area contributed by atoms with Crippen LogP contribution in [0.2, 0.25) is 0 Å². The maximum atomic E-state index is 4.14. The molecule has 0 saturated carbocycles. The van der Waals surface area contributed by atoms with Crippen LogP contribution < -0.4 is 5.32 Å². The van der Waals surface area contributed by atoms with Crippen molar-refractivity contribution in [2.24, 2.45) is 0 Å². The molecule has 3 rings (SSSR count). The number of H-pyrrole nitrogens is 1. The lowest BCUT2D eigenvalue weighted by Gasteiger charge is -2.01. The first-order valence-electron chi connectivity index (χ1n) is 5.53. The van der Waals surface area contributed by atoms with Gasteiger partial charge in [0.25, 0.3) is 0 Å².